The molecular formula is C25H35N3O2+2. The van der Waals surface area contributed by atoms with Crippen LogP contribution in [0.15, 0.2) is 60.7 Å². The molecule has 5 heteroatoms. The second-order valence-corrected chi connectivity index (χ2v) is 8.90. The van der Waals surface area contributed by atoms with Crippen molar-refractivity contribution < 1.29 is 19.3 Å². The Kier molecular flexibility index (Phi) is 6.82. The second-order valence-electron chi connectivity index (χ2n) is 8.90. The fourth-order valence-corrected chi connectivity index (χ4v) is 5.05. The smallest absolute Gasteiger partial charge is 0.277 e. The lowest BCUT2D eigenvalue weighted by molar-refractivity contribution is -1.02. The van der Waals surface area contributed by atoms with Crippen molar-refractivity contribution in [3.05, 3.63) is 71.8 Å². The summed E-state index contributed by atoms with van der Waals surface area (Å²) < 4.78 is 5.78. The molecule has 1 amide bonds. The van der Waals surface area contributed by atoms with Crippen LogP contribution in [0.1, 0.15) is 31.0 Å². The summed E-state index contributed by atoms with van der Waals surface area (Å²) in [4.78, 5) is 17.9. The molecule has 2 saturated heterocycles. The average Bonchev–Trinajstić information content (AvgIpc) is 2.76. The number of carbonyl (C=O) groups is 1. The highest BCUT2D eigenvalue weighted by Crippen LogP contribution is 2.18. The van der Waals surface area contributed by atoms with Crippen LogP contribution < -0.4 is 9.80 Å². The molecule has 4 rings (SSSR count). The predicted octanol–water partition coefficient (Wildman–Crippen LogP) is 0.195. The Hall–Kier alpha value is -2.21. The minimum Gasteiger partial charge on any atom is -0.372 e. The number of rotatable bonds is 5. The van der Waals surface area contributed by atoms with Gasteiger partial charge in [-0.3, -0.25) is 4.79 Å². The summed E-state index contributed by atoms with van der Waals surface area (Å²) in [6.07, 6.45) is 0.262. The molecule has 0 aliphatic carbocycles. The lowest BCUT2D eigenvalue weighted by Crippen LogP contribution is -3.28. The first kappa shape index (κ1) is 21.0. The third-order valence-corrected chi connectivity index (χ3v) is 6.45. The van der Waals surface area contributed by atoms with E-state index in [1.807, 2.05) is 4.90 Å². The van der Waals surface area contributed by atoms with Gasteiger partial charge in [-0.2, -0.15) is 0 Å². The van der Waals surface area contributed by atoms with E-state index in [-0.39, 0.29) is 18.1 Å². The first-order chi connectivity index (χ1) is 14.6. The summed E-state index contributed by atoms with van der Waals surface area (Å²) in [5, 5.41) is 0. The molecule has 0 saturated carbocycles. The van der Waals surface area contributed by atoms with Crippen molar-refractivity contribution in [3.63, 3.8) is 0 Å². The van der Waals surface area contributed by atoms with E-state index in [4.69, 9.17) is 4.74 Å². The maximum Gasteiger partial charge on any atom is 0.277 e. The van der Waals surface area contributed by atoms with Crippen LogP contribution >= 0.6 is 0 Å². The Labute approximate surface area is 180 Å². The van der Waals surface area contributed by atoms with E-state index in [1.165, 1.54) is 16.0 Å². The zero-order valence-corrected chi connectivity index (χ0v) is 18.2. The number of hydrogen-bond donors (Lipinski definition) is 2. The molecular weight excluding hydrogens is 374 g/mol. The van der Waals surface area contributed by atoms with Crippen LogP contribution in [-0.4, -0.2) is 68.8 Å². The molecule has 30 heavy (non-hydrogen) atoms. The Morgan fingerprint density at radius 1 is 0.900 bits per heavy atom. The first-order valence-corrected chi connectivity index (χ1v) is 11.3. The van der Waals surface area contributed by atoms with Gasteiger partial charge in [0.15, 0.2) is 6.54 Å². The molecule has 2 aromatic carbocycles. The monoisotopic (exact) mass is 409 g/mol. The number of nitrogens with zero attached hydrogens (tertiary/aromatic N) is 1. The largest absolute Gasteiger partial charge is 0.372 e. The molecule has 2 heterocycles. The number of nitrogens with one attached hydrogen (secondary N) is 2. The van der Waals surface area contributed by atoms with Gasteiger partial charge in [-0.1, -0.05) is 60.7 Å². The molecule has 2 aliphatic rings. The van der Waals surface area contributed by atoms with Crippen molar-refractivity contribution in [2.24, 2.45) is 0 Å². The van der Waals surface area contributed by atoms with Gasteiger partial charge in [-0.25, -0.2) is 0 Å². The summed E-state index contributed by atoms with van der Waals surface area (Å²) in [6.45, 7) is 10.4. The standard InChI is InChI=1S/C25H33N3O2/c1-20-17-28(18-21(2)30-20)24(29)19-26-13-15-27(16-14-26)25(22-9-5-3-6-10-22)23-11-7-4-8-12-23/h3-12,20-21,25H,13-19H2,1-2H3/p+2/t20-,21-/m1/s1. The number of amides is 1. The van der Waals surface area contributed by atoms with Crippen molar-refractivity contribution >= 4 is 5.91 Å². The van der Waals surface area contributed by atoms with Gasteiger partial charge in [0.1, 0.15) is 32.2 Å². The first-order valence-electron chi connectivity index (χ1n) is 11.3. The summed E-state index contributed by atoms with van der Waals surface area (Å²) in [6, 6.07) is 22.0. The lowest BCUT2D eigenvalue weighted by atomic mass is 9.96. The highest BCUT2D eigenvalue weighted by atomic mass is 16.5. The van der Waals surface area contributed by atoms with Crippen LogP contribution in [-0.2, 0) is 9.53 Å². The topological polar surface area (TPSA) is 38.4 Å². The van der Waals surface area contributed by atoms with Gasteiger partial charge in [0.25, 0.3) is 5.91 Å². The molecule has 5 nitrogen and oxygen atoms in total. The van der Waals surface area contributed by atoms with E-state index in [9.17, 15) is 4.79 Å². The molecule has 2 aliphatic heterocycles. The fourth-order valence-electron chi connectivity index (χ4n) is 5.05. The third-order valence-electron chi connectivity index (χ3n) is 6.45. The van der Waals surface area contributed by atoms with Gasteiger partial charge in [0.05, 0.1) is 12.2 Å². The Morgan fingerprint density at radius 2 is 1.40 bits per heavy atom. The number of hydrogen-bond acceptors (Lipinski definition) is 2. The van der Waals surface area contributed by atoms with Crippen molar-refractivity contribution in [1.29, 1.82) is 0 Å². The molecule has 2 N–H and O–H groups in total. The molecule has 160 valence electrons. The third kappa shape index (κ3) is 5.09. The average molecular weight is 410 g/mol. The molecule has 2 fully saturated rings. The number of ether oxygens (including phenoxy) is 1. The normalized spacial score (nSPS) is 27.2. The van der Waals surface area contributed by atoms with Crippen molar-refractivity contribution in [2.75, 3.05) is 45.8 Å². The zero-order valence-electron chi connectivity index (χ0n) is 18.2. The van der Waals surface area contributed by atoms with E-state index < -0.39 is 0 Å². The number of quaternary nitrogens is 2. The second kappa shape index (κ2) is 9.73. The van der Waals surface area contributed by atoms with Gasteiger partial charge < -0.3 is 19.4 Å². The zero-order chi connectivity index (χ0) is 20.9. The lowest BCUT2D eigenvalue weighted by Gasteiger charge is -2.37. The SMILES string of the molecule is C[C@@H]1CN(C(=O)C[NH+]2CC[NH+](C(c3ccccc3)c3ccccc3)CC2)C[C@@H](C)O1. The van der Waals surface area contributed by atoms with Crippen LogP contribution in [0.25, 0.3) is 0 Å². The van der Waals surface area contributed by atoms with Gasteiger partial charge in [0, 0.05) is 24.2 Å². The van der Waals surface area contributed by atoms with Crippen molar-refractivity contribution in [1.82, 2.24) is 4.90 Å². The number of morpholine rings is 1. The minimum atomic E-state index is 0.131. The maximum atomic E-state index is 12.9. The Morgan fingerprint density at radius 3 is 1.90 bits per heavy atom. The number of piperazine rings is 1. The molecule has 0 spiro atoms. The van der Waals surface area contributed by atoms with Crippen LogP contribution in [0.2, 0.25) is 0 Å². The van der Waals surface area contributed by atoms with Gasteiger partial charge in [-0.15, -0.1) is 0 Å². The van der Waals surface area contributed by atoms with Crippen LogP contribution in [0.4, 0.5) is 0 Å². The van der Waals surface area contributed by atoms with E-state index >= 15 is 0 Å². The minimum absolute atomic E-state index is 0.131. The quantitative estimate of drug-likeness (QED) is 0.740. The molecule has 2 aromatic rings. The van der Waals surface area contributed by atoms with Gasteiger partial charge in [-0.05, 0) is 13.8 Å². The summed E-state index contributed by atoms with van der Waals surface area (Å²) in [7, 11) is 0. The van der Waals surface area contributed by atoms with Crippen molar-refractivity contribution in [2.45, 2.75) is 32.1 Å². The number of carbonyl (C=O) groups excluding carboxylic acids is 1. The van der Waals surface area contributed by atoms with E-state index in [2.05, 4.69) is 74.5 Å². The molecule has 0 unspecified atom stereocenters. The van der Waals surface area contributed by atoms with Gasteiger partial charge >= 0.3 is 0 Å². The van der Waals surface area contributed by atoms with Crippen molar-refractivity contribution in [3.8, 4) is 0 Å². The summed E-state index contributed by atoms with van der Waals surface area (Å²) in [5.41, 5.74) is 2.74. The van der Waals surface area contributed by atoms with E-state index in [0.717, 1.165) is 39.3 Å². The molecule has 2 atom stereocenters. The maximum absolute atomic E-state index is 12.9. The molecule has 0 aromatic heterocycles. The summed E-state index contributed by atoms with van der Waals surface area (Å²) in [5.74, 6) is 0.276. The van der Waals surface area contributed by atoms with Crippen LogP contribution in [0.3, 0.4) is 0 Å². The Bertz CT molecular complexity index is 756. The Balaban J connectivity index is 1.38. The van der Waals surface area contributed by atoms with Crippen LogP contribution in [0.5, 0.6) is 0 Å². The number of benzene rings is 2. The van der Waals surface area contributed by atoms with Gasteiger partial charge in [0.2, 0.25) is 0 Å². The molecule has 0 radical (unpaired) electrons. The highest BCUT2D eigenvalue weighted by Gasteiger charge is 2.34. The highest BCUT2D eigenvalue weighted by molar-refractivity contribution is 5.77. The molecule has 0 bridgehead atoms. The predicted molar refractivity (Wildman–Crippen MR) is 118 cm³/mol. The van der Waals surface area contributed by atoms with Crippen LogP contribution in [0, 0.1) is 0 Å². The fraction of sp³-hybridized carbons (Fsp3) is 0.480. The van der Waals surface area contributed by atoms with E-state index in [0.29, 0.717) is 12.6 Å². The summed E-state index contributed by atoms with van der Waals surface area (Å²) >= 11 is 0. The van der Waals surface area contributed by atoms with E-state index in [1.54, 1.807) is 4.90 Å².